The van der Waals surface area contributed by atoms with Crippen LogP contribution in [0.3, 0.4) is 0 Å². The molecule has 1 N–H and O–H groups in total. The number of nitrogens with one attached hydrogen (secondary N) is 1. The van der Waals surface area contributed by atoms with Gasteiger partial charge in [0.25, 0.3) is 0 Å². The Balaban J connectivity index is 2.26. The molecule has 0 amide bonds. The Morgan fingerprint density at radius 2 is 1.81 bits per heavy atom. The first-order valence-electron chi connectivity index (χ1n) is 6.31. The molecule has 0 heterocycles. The molecule has 21 heavy (non-hydrogen) atoms. The highest BCUT2D eigenvalue weighted by molar-refractivity contribution is 7.89. The molecule has 0 aliphatic rings. The van der Waals surface area contributed by atoms with Crippen molar-refractivity contribution in [3.05, 3.63) is 64.7 Å². The average molecular weight is 311 g/mol. The van der Waals surface area contributed by atoms with Crippen LogP contribution in [0.5, 0.6) is 0 Å². The zero-order valence-corrected chi connectivity index (χ0v) is 12.5. The van der Waals surface area contributed by atoms with Crippen LogP contribution >= 0.6 is 0 Å². The monoisotopic (exact) mass is 311 g/mol. The number of rotatable bonds is 4. The van der Waals surface area contributed by atoms with E-state index in [2.05, 4.69) is 4.72 Å². The fourth-order valence-electron chi connectivity index (χ4n) is 1.91. The predicted molar refractivity (Wildman–Crippen MR) is 76.3 cm³/mol. The van der Waals surface area contributed by atoms with E-state index in [0.717, 1.165) is 11.6 Å². The van der Waals surface area contributed by atoms with Crippen LogP contribution < -0.4 is 4.72 Å². The lowest BCUT2D eigenvalue weighted by atomic mass is 10.1. The largest absolute Gasteiger partial charge is 0.240 e. The molecule has 0 saturated carbocycles. The van der Waals surface area contributed by atoms with Crippen LogP contribution in [0.25, 0.3) is 0 Å². The van der Waals surface area contributed by atoms with Gasteiger partial charge in [-0.1, -0.05) is 18.2 Å². The van der Waals surface area contributed by atoms with Crippen LogP contribution in [0.1, 0.15) is 16.7 Å². The summed E-state index contributed by atoms with van der Waals surface area (Å²) >= 11 is 0. The number of benzene rings is 2. The molecule has 2 aromatic carbocycles. The lowest BCUT2D eigenvalue weighted by Crippen LogP contribution is -2.24. The molecule has 0 spiro atoms. The zero-order valence-electron chi connectivity index (χ0n) is 11.7. The minimum Gasteiger partial charge on any atom is -0.207 e. The van der Waals surface area contributed by atoms with E-state index in [1.165, 1.54) is 25.1 Å². The lowest BCUT2D eigenvalue weighted by Gasteiger charge is -2.10. The normalized spacial score (nSPS) is 11.6. The van der Waals surface area contributed by atoms with Gasteiger partial charge in [0.2, 0.25) is 10.0 Å². The summed E-state index contributed by atoms with van der Waals surface area (Å²) in [6.07, 6.45) is 0. The van der Waals surface area contributed by atoms with E-state index in [-0.39, 0.29) is 16.0 Å². The van der Waals surface area contributed by atoms with Gasteiger partial charge in [0.15, 0.2) is 0 Å². The van der Waals surface area contributed by atoms with E-state index in [4.69, 9.17) is 0 Å². The molecule has 0 saturated heterocycles. The van der Waals surface area contributed by atoms with Crippen molar-refractivity contribution < 1.29 is 17.2 Å². The van der Waals surface area contributed by atoms with Crippen molar-refractivity contribution in [2.24, 2.45) is 0 Å². The Hall–Kier alpha value is -1.79. The van der Waals surface area contributed by atoms with E-state index in [1.807, 2.05) is 0 Å². The summed E-state index contributed by atoms with van der Waals surface area (Å²) in [4.78, 5) is 0.0657. The van der Waals surface area contributed by atoms with Crippen LogP contribution in [0.15, 0.2) is 41.3 Å². The molecular weight excluding hydrogens is 296 g/mol. The minimum absolute atomic E-state index is 0.0657. The third-order valence-electron chi connectivity index (χ3n) is 3.12. The van der Waals surface area contributed by atoms with Gasteiger partial charge >= 0.3 is 0 Å². The summed E-state index contributed by atoms with van der Waals surface area (Å²) in [5.41, 5.74) is 0.762. The quantitative estimate of drug-likeness (QED) is 0.943. The summed E-state index contributed by atoms with van der Waals surface area (Å²) in [5, 5.41) is 0. The zero-order chi connectivity index (χ0) is 15.6. The molecule has 3 nitrogen and oxygen atoms in total. The second-order valence-corrected chi connectivity index (χ2v) is 6.56. The summed E-state index contributed by atoms with van der Waals surface area (Å²) in [6, 6.07) is 8.72. The average Bonchev–Trinajstić information content (AvgIpc) is 2.43. The Labute approximate surface area is 122 Å². The number of hydrogen-bond acceptors (Lipinski definition) is 2. The summed E-state index contributed by atoms with van der Waals surface area (Å²) in [6.45, 7) is 2.82. The van der Waals surface area contributed by atoms with Gasteiger partial charge in [-0.15, -0.1) is 0 Å². The Morgan fingerprint density at radius 3 is 2.48 bits per heavy atom. The van der Waals surface area contributed by atoms with Crippen molar-refractivity contribution in [1.29, 1.82) is 0 Å². The highest BCUT2D eigenvalue weighted by atomic mass is 32.2. The maximum Gasteiger partial charge on any atom is 0.240 e. The molecule has 2 aromatic rings. The standard InChI is InChI=1S/C15H15F2NO2S/c1-10-4-3-5-12(8-10)21(19,20)18-9-13-14(16)7-6-11(2)15(13)17/h3-8,18H,9H2,1-2H3. The molecule has 0 bridgehead atoms. The third kappa shape index (κ3) is 3.46. The highest BCUT2D eigenvalue weighted by Crippen LogP contribution is 2.17. The Morgan fingerprint density at radius 1 is 1.10 bits per heavy atom. The van der Waals surface area contributed by atoms with Crippen LogP contribution in [-0.2, 0) is 16.6 Å². The molecule has 0 aliphatic heterocycles. The SMILES string of the molecule is Cc1cccc(S(=O)(=O)NCc2c(F)ccc(C)c2F)c1. The van der Waals surface area contributed by atoms with Crippen molar-refractivity contribution in [3.8, 4) is 0 Å². The fourth-order valence-corrected chi connectivity index (χ4v) is 3.01. The van der Waals surface area contributed by atoms with Gasteiger partial charge in [-0.05, 0) is 43.2 Å². The minimum atomic E-state index is -3.81. The summed E-state index contributed by atoms with van der Waals surface area (Å²) in [7, 11) is -3.81. The molecule has 112 valence electrons. The molecule has 0 unspecified atom stereocenters. The van der Waals surface area contributed by atoms with Crippen LogP contribution in [0.2, 0.25) is 0 Å². The van der Waals surface area contributed by atoms with Crippen LogP contribution in [-0.4, -0.2) is 8.42 Å². The Bertz CT molecular complexity index is 773. The van der Waals surface area contributed by atoms with Crippen LogP contribution in [0.4, 0.5) is 8.78 Å². The maximum absolute atomic E-state index is 13.8. The second kappa shape index (κ2) is 5.91. The van der Waals surface area contributed by atoms with Gasteiger partial charge in [-0.25, -0.2) is 21.9 Å². The topological polar surface area (TPSA) is 46.2 Å². The first-order chi connectivity index (χ1) is 9.81. The molecule has 0 fully saturated rings. The summed E-state index contributed by atoms with van der Waals surface area (Å²) in [5.74, 6) is -1.51. The fraction of sp³-hybridized carbons (Fsp3) is 0.200. The van der Waals surface area contributed by atoms with Crippen molar-refractivity contribution in [3.63, 3.8) is 0 Å². The van der Waals surface area contributed by atoms with Gasteiger partial charge in [0, 0.05) is 12.1 Å². The lowest BCUT2D eigenvalue weighted by molar-refractivity contribution is 0.540. The van der Waals surface area contributed by atoms with E-state index >= 15 is 0 Å². The van der Waals surface area contributed by atoms with E-state index < -0.39 is 28.2 Å². The smallest absolute Gasteiger partial charge is 0.207 e. The maximum atomic E-state index is 13.8. The molecule has 6 heteroatoms. The molecular formula is C15H15F2NO2S. The van der Waals surface area contributed by atoms with Gasteiger partial charge in [-0.2, -0.15) is 0 Å². The molecule has 0 atom stereocenters. The number of aryl methyl sites for hydroxylation is 2. The number of sulfonamides is 1. The number of hydrogen-bond donors (Lipinski definition) is 1. The van der Waals surface area contributed by atoms with E-state index in [1.54, 1.807) is 19.1 Å². The second-order valence-electron chi connectivity index (χ2n) is 4.80. The van der Waals surface area contributed by atoms with Crippen molar-refractivity contribution in [2.75, 3.05) is 0 Å². The van der Waals surface area contributed by atoms with Gasteiger partial charge in [0.1, 0.15) is 11.6 Å². The first-order valence-corrected chi connectivity index (χ1v) is 7.79. The highest BCUT2D eigenvalue weighted by Gasteiger charge is 2.17. The van der Waals surface area contributed by atoms with Crippen LogP contribution in [0, 0.1) is 25.5 Å². The predicted octanol–water partition coefficient (Wildman–Crippen LogP) is 3.06. The third-order valence-corrected chi connectivity index (χ3v) is 4.52. The number of halogens is 2. The molecule has 0 aromatic heterocycles. The van der Waals surface area contributed by atoms with Gasteiger partial charge in [-0.3, -0.25) is 0 Å². The van der Waals surface area contributed by atoms with Crippen molar-refractivity contribution in [2.45, 2.75) is 25.3 Å². The van der Waals surface area contributed by atoms with Crippen molar-refractivity contribution in [1.82, 2.24) is 4.72 Å². The molecule has 2 rings (SSSR count). The van der Waals surface area contributed by atoms with E-state index in [0.29, 0.717) is 0 Å². The summed E-state index contributed by atoms with van der Waals surface area (Å²) < 4.78 is 53.9. The van der Waals surface area contributed by atoms with E-state index in [9.17, 15) is 17.2 Å². The molecule has 0 aliphatic carbocycles. The first kappa shape index (κ1) is 15.6. The van der Waals surface area contributed by atoms with Gasteiger partial charge < -0.3 is 0 Å². The Kier molecular flexibility index (Phi) is 4.39. The van der Waals surface area contributed by atoms with Gasteiger partial charge in [0.05, 0.1) is 4.90 Å². The van der Waals surface area contributed by atoms with Crippen molar-refractivity contribution >= 4 is 10.0 Å². The molecule has 0 radical (unpaired) electrons.